The SMILES string of the molecule is FC(F)(F)c1cc(CNC2CCC2)cc(OC2CCNCC2)n1. The monoisotopic (exact) mass is 329 g/mol. The fourth-order valence-electron chi connectivity index (χ4n) is 2.83. The van der Waals surface area contributed by atoms with Crippen LogP contribution in [0.15, 0.2) is 12.1 Å². The van der Waals surface area contributed by atoms with Gasteiger partial charge in [-0.25, -0.2) is 4.98 Å². The molecule has 1 saturated carbocycles. The fraction of sp³-hybridized carbons (Fsp3) is 0.688. The minimum absolute atomic E-state index is 0.0697. The standard InChI is InChI=1S/C16H22F3N3O/c17-16(18,19)14-8-11(10-21-12-2-1-3-12)9-15(22-14)23-13-4-6-20-7-5-13/h8-9,12-13,20-21H,1-7,10H2. The molecule has 1 aliphatic carbocycles. The Labute approximate surface area is 133 Å². The Morgan fingerprint density at radius 3 is 2.52 bits per heavy atom. The van der Waals surface area contributed by atoms with Crippen molar-refractivity contribution in [2.75, 3.05) is 13.1 Å². The average Bonchev–Trinajstić information content (AvgIpc) is 2.45. The normalized spacial score (nSPS) is 20.3. The lowest BCUT2D eigenvalue weighted by Crippen LogP contribution is -2.35. The van der Waals surface area contributed by atoms with Crippen LogP contribution in [0.4, 0.5) is 13.2 Å². The molecule has 7 heteroatoms. The molecule has 0 aromatic carbocycles. The molecule has 2 fully saturated rings. The van der Waals surface area contributed by atoms with E-state index in [1.54, 1.807) is 6.07 Å². The molecule has 0 unspecified atom stereocenters. The number of alkyl halides is 3. The lowest BCUT2D eigenvalue weighted by Gasteiger charge is -2.27. The summed E-state index contributed by atoms with van der Waals surface area (Å²) >= 11 is 0. The lowest BCUT2D eigenvalue weighted by molar-refractivity contribution is -0.141. The largest absolute Gasteiger partial charge is 0.474 e. The van der Waals surface area contributed by atoms with E-state index in [1.807, 2.05) is 0 Å². The zero-order valence-electron chi connectivity index (χ0n) is 13.0. The van der Waals surface area contributed by atoms with Crippen molar-refractivity contribution < 1.29 is 17.9 Å². The number of piperidine rings is 1. The summed E-state index contributed by atoms with van der Waals surface area (Å²) in [6.07, 6.45) is 0.413. The summed E-state index contributed by atoms with van der Waals surface area (Å²) in [5.74, 6) is 0.0807. The molecule has 1 aromatic heterocycles. The molecule has 2 aliphatic rings. The molecule has 0 bridgehead atoms. The molecule has 0 atom stereocenters. The molecule has 1 aliphatic heterocycles. The zero-order valence-corrected chi connectivity index (χ0v) is 13.0. The number of hydrogen-bond donors (Lipinski definition) is 2. The maximum atomic E-state index is 13.1. The van der Waals surface area contributed by atoms with Crippen molar-refractivity contribution in [3.63, 3.8) is 0 Å². The zero-order chi connectivity index (χ0) is 16.3. The number of rotatable bonds is 5. The average molecular weight is 329 g/mol. The minimum Gasteiger partial charge on any atom is -0.474 e. The quantitative estimate of drug-likeness (QED) is 0.872. The van der Waals surface area contributed by atoms with Gasteiger partial charge in [0.1, 0.15) is 11.8 Å². The number of nitrogens with one attached hydrogen (secondary N) is 2. The van der Waals surface area contributed by atoms with E-state index in [0.717, 1.165) is 44.8 Å². The summed E-state index contributed by atoms with van der Waals surface area (Å²) in [5, 5.41) is 6.49. The van der Waals surface area contributed by atoms with Crippen LogP contribution < -0.4 is 15.4 Å². The van der Waals surface area contributed by atoms with Gasteiger partial charge in [0.2, 0.25) is 5.88 Å². The van der Waals surface area contributed by atoms with Crippen LogP contribution in [0.1, 0.15) is 43.4 Å². The van der Waals surface area contributed by atoms with Gasteiger partial charge in [0.15, 0.2) is 0 Å². The summed E-state index contributed by atoms with van der Waals surface area (Å²) in [7, 11) is 0. The Kier molecular flexibility index (Phi) is 5.06. The van der Waals surface area contributed by atoms with Gasteiger partial charge >= 0.3 is 6.18 Å². The van der Waals surface area contributed by atoms with Gasteiger partial charge in [-0.05, 0) is 50.4 Å². The molecule has 0 amide bonds. The summed E-state index contributed by atoms with van der Waals surface area (Å²) < 4.78 is 44.9. The number of ether oxygens (including phenoxy) is 1. The van der Waals surface area contributed by atoms with Crippen LogP contribution in [0.3, 0.4) is 0 Å². The molecule has 0 spiro atoms. The van der Waals surface area contributed by atoms with Gasteiger partial charge in [-0.3, -0.25) is 0 Å². The highest BCUT2D eigenvalue weighted by Crippen LogP contribution is 2.31. The molecule has 1 saturated heterocycles. The van der Waals surface area contributed by atoms with Gasteiger partial charge in [-0.2, -0.15) is 13.2 Å². The number of halogens is 3. The second-order valence-corrected chi connectivity index (χ2v) is 6.27. The van der Waals surface area contributed by atoms with Gasteiger partial charge in [-0.1, -0.05) is 6.42 Å². The molecule has 1 aromatic rings. The third-order valence-electron chi connectivity index (χ3n) is 4.43. The first-order valence-electron chi connectivity index (χ1n) is 8.19. The smallest absolute Gasteiger partial charge is 0.433 e. The molecule has 0 radical (unpaired) electrons. The lowest BCUT2D eigenvalue weighted by atomic mass is 9.93. The highest BCUT2D eigenvalue weighted by atomic mass is 19.4. The summed E-state index contributed by atoms with van der Waals surface area (Å²) in [5.41, 5.74) is -0.308. The molecule has 2 N–H and O–H groups in total. The van der Waals surface area contributed by atoms with Gasteiger partial charge in [0.25, 0.3) is 0 Å². The number of aromatic nitrogens is 1. The maximum Gasteiger partial charge on any atom is 0.433 e. The van der Waals surface area contributed by atoms with Crippen LogP contribution >= 0.6 is 0 Å². The predicted molar refractivity (Wildman–Crippen MR) is 80.2 cm³/mol. The van der Waals surface area contributed by atoms with Crippen molar-refractivity contribution in [2.24, 2.45) is 0 Å². The summed E-state index contributed by atoms with van der Waals surface area (Å²) in [4.78, 5) is 3.66. The topological polar surface area (TPSA) is 46.2 Å². The van der Waals surface area contributed by atoms with Crippen molar-refractivity contribution in [3.8, 4) is 5.88 Å². The number of pyridine rings is 1. The molecule has 3 rings (SSSR count). The predicted octanol–water partition coefficient (Wildman–Crippen LogP) is 2.87. The second-order valence-electron chi connectivity index (χ2n) is 6.27. The molecule has 4 nitrogen and oxygen atoms in total. The Morgan fingerprint density at radius 1 is 1.17 bits per heavy atom. The maximum absolute atomic E-state index is 13.1. The van der Waals surface area contributed by atoms with Gasteiger partial charge in [0.05, 0.1) is 0 Å². The van der Waals surface area contributed by atoms with E-state index in [2.05, 4.69) is 15.6 Å². The highest BCUT2D eigenvalue weighted by Gasteiger charge is 2.34. The third kappa shape index (κ3) is 4.57. The van der Waals surface area contributed by atoms with Crippen molar-refractivity contribution in [2.45, 2.75) is 57.0 Å². The van der Waals surface area contributed by atoms with E-state index in [9.17, 15) is 13.2 Å². The second kappa shape index (κ2) is 7.05. The Hall–Kier alpha value is -1.34. The van der Waals surface area contributed by atoms with E-state index < -0.39 is 11.9 Å². The Morgan fingerprint density at radius 2 is 1.91 bits per heavy atom. The van der Waals surface area contributed by atoms with E-state index in [1.165, 1.54) is 6.42 Å². The molecule has 128 valence electrons. The van der Waals surface area contributed by atoms with Crippen LogP contribution in [-0.2, 0) is 12.7 Å². The summed E-state index contributed by atoms with van der Waals surface area (Å²) in [6, 6.07) is 3.16. The van der Waals surface area contributed by atoms with Crippen LogP contribution in [0.5, 0.6) is 5.88 Å². The van der Waals surface area contributed by atoms with E-state index in [0.29, 0.717) is 18.2 Å². The van der Waals surface area contributed by atoms with Gasteiger partial charge < -0.3 is 15.4 Å². The fourth-order valence-corrected chi connectivity index (χ4v) is 2.83. The van der Waals surface area contributed by atoms with E-state index >= 15 is 0 Å². The van der Waals surface area contributed by atoms with E-state index in [-0.39, 0.29) is 12.0 Å². The molecule has 2 heterocycles. The molecular weight excluding hydrogens is 307 g/mol. The number of nitrogens with zero attached hydrogens (tertiary/aromatic N) is 1. The third-order valence-corrected chi connectivity index (χ3v) is 4.43. The molecular formula is C16H22F3N3O. The van der Waals surface area contributed by atoms with Crippen LogP contribution in [0.2, 0.25) is 0 Å². The summed E-state index contributed by atoms with van der Waals surface area (Å²) in [6.45, 7) is 2.05. The first-order valence-corrected chi connectivity index (χ1v) is 8.19. The van der Waals surface area contributed by atoms with E-state index in [4.69, 9.17) is 4.74 Å². The van der Waals surface area contributed by atoms with Crippen molar-refractivity contribution in [3.05, 3.63) is 23.4 Å². The van der Waals surface area contributed by atoms with Gasteiger partial charge in [-0.15, -0.1) is 0 Å². The minimum atomic E-state index is -4.46. The van der Waals surface area contributed by atoms with Crippen molar-refractivity contribution >= 4 is 0 Å². The van der Waals surface area contributed by atoms with Crippen molar-refractivity contribution in [1.29, 1.82) is 0 Å². The first kappa shape index (κ1) is 16.5. The van der Waals surface area contributed by atoms with Crippen LogP contribution in [0, 0.1) is 0 Å². The Bertz CT molecular complexity index is 526. The van der Waals surface area contributed by atoms with Crippen molar-refractivity contribution in [1.82, 2.24) is 15.6 Å². The van der Waals surface area contributed by atoms with Crippen LogP contribution in [0.25, 0.3) is 0 Å². The Balaban J connectivity index is 1.72. The van der Waals surface area contributed by atoms with Gasteiger partial charge in [0, 0.05) is 18.7 Å². The highest BCUT2D eigenvalue weighted by molar-refractivity contribution is 5.27. The first-order chi connectivity index (χ1) is 11.0. The molecule has 23 heavy (non-hydrogen) atoms. The van der Waals surface area contributed by atoms with Crippen LogP contribution in [-0.4, -0.2) is 30.2 Å². The number of hydrogen-bond acceptors (Lipinski definition) is 4.